The van der Waals surface area contributed by atoms with Crippen LogP contribution in [-0.2, 0) is 11.2 Å². The number of rotatable bonds is 2. The second kappa shape index (κ2) is 2.81. The van der Waals surface area contributed by atoms with Gasteiger partial charge in [0.15, 0.2) is 11.5 Å². The van der Waals surface area contributed by atoms with Crippen molar-refractivity contribution in [2.45, 2.75) is 6.42 Å². The average molecular weight is 178 g/mol. The minimum absolute atomic E-state index is 0.168. The van der Waals surface area contributed by atoms with E-state index in [0.717, 1.165) is 0 Å². The van der Waals surface area contributed by atoms with E-state index < -0.39 is 5.97 Å². The van der Waals surface area contributed by atoms with Crippen molar-refractivity contribution in [1.82, 2.24) is 19.8 Å². The number of aromatic nitrogens is 4. The van der Waals surface area contributed by atoms with Crippen molar-refractivity contribution in [2.75, 3.05) is 0 Å². The maximum atomic E-state index is 10.4. The van der Waals surface area contributed by atoms with E-state index in [0.29, 0.717) is 11.5 Å². The molecule has 0 amide bonds. The quantitative estimate of drug-likeness (QED) is 0.685. The third-order valence-corrected chi connectivity index (χ3v) is 1.55. The zero-order valence-electron chi connectivity index (χ0n) is 6.58. The molecule has 0 radical (unpaired) electrons. The van der Waals surface area contributed by atoms with Crippen LogP contribution in [0.1, 0.15) is 5.82 Å². The lowest BCUT2D eigenvalue weighted by molar-refractivity contribution is -0.136. The van der Waals surface area contributed by atoms with Crippen LogP contribution in [0.3, 0.4) is 0 Å². The molecule has 0 aliphatic carbocycles. The standard InChI is InChI=1S/C7H6N4O2/c12-7(13)4-6-10-9-5-2-1-3-8-11(5)6/h1-3H,4H2,(H,12,13). The fraction of sp³-hybridized carbons (Fsp3) is 0.143. The Kier molecular flexibility index (Phi) is 1.66. The molecule has 2 aromatic rings. The molecule has 66 valence electrons. The topological polar surface area (TPSA) is 80.4 Å². The summed E-state index contributed by atoms with van der Waals surface area (Å²) in [6.07, 6.45) is 1.39. The molecule has 1 N–H and O–H groups in total. The minimum Gasteiger partial charge on any atom is -0.481 e. The van der Waals surface area contributed by atoms with Crippen LogP contribution in [0.5, 0.6) is 0 Å². The molecule has 0 saturated heterocycles. The van der Waals surface area contributed by atoms with Gasteiger partial charge in [0.1, 0.15) is 6.42 Å². The summed E-state index contributed by atoms with van der Waals surface area (Å²) in [6.45, 7) is 0. The molecule has 2 aromatic heterocycles. The molecule has 0 bridgehead atoms. The highest BCUT2D eigenvalue weighted by molar-refractivity contribution is 5.69. The molecule has 0 aliphatic heterocycles. The third kappa shape index (κ3) is 1.33. The summed E-state index contributed by atoms with van der Waals surface area (Å²) in [5.74, 6) is -0.608. The van der Waals surface area contributed by atoms with Crippen molar-refractivity contribution in [3.63, 3.8) is 0 Å². The first-order valence-electron chi connectivity index (χ1n) is 3.64. The zero-order valence-corrected chi connectivity index (χ0v) is 6.58. The SMILES string of the molecule is O=C(O)Cc1nnc2cccnn12. The molecular formula is C7H6N4O2. The Morgan fingerprint density at radius 3 is 3.15 bits per heavy atom. The van der Waals surface area contributed by atoms with Gasteiger partial charge in [-0.15, -0.1) is 10.2 Å². The number of nitrogens with zero attached hydrogens (tertiary/aromatic N) is 4. The van der Waals surface area contributed by atoms with Gasteiger partial charge in [0, 0.05) is 6.20 Å². The predicted octanol–water partition coefficient (Wildman–Crippen LogP) is -0.249. The largest absolute Gasteiger partial charge is 0.481 e. The first-order valence-corrected chi connectivity index (χ1v) is 3.64. The van der Waals surface area contributed by atoms with Crippen molar-refractivity contribution in [2.24, 2.45) is 0 Å². The molecule has 0 atom stereocenters. The van der Waals surface area contributed by atoms with E-state index in [1.54, 1.807) is 18.3 Å². The zero-order chi connectivity index (χ0) is 9.26. The Hall–Kier alpha value is -1.98. The van der Waals surface area contributed by atoms with Crippen molar-refractivity contribution >= 4 is 11.6 Å². The van der Waals surface area contributed by atoms with Crippen LogP contribution in [0.15, 0.2) is 18.3 Å². The number of carboxylic acid groups (broad SMARTS) is 1. The second-order valence-electron chi connectivity index (χ2n) is 2.48. The van der Waals surface area contributed by atoms with Crippen molar-refractivity contribution in [3.05, 3.63) is 24.2 Å². The summed E-state index contributed by atoms with van der Waals surface area (Å²) >= 11 is 0. The van der Waals surface area contributed by atoms with Crippen molar-refractivity contribution in [1.29, 1.82) is 0 Å². The molecule has 13 heavy (non-hydrogen) atoms. The van der Waals surface area contributed by atoms with Gasteiger partial charge in [0.05, 0.1) is 0 Å². The van der Waals surface area contributed by atoms with Crippen LogP contribution in [0.4, 0.5) is 0 Å². The van der Waals surface area contributed by atoms with Gasteiger partial charge in [0.25, 0.3) is 0 Å². The summed E-state index contributed by atoms with van der Waals surface area (Å²) < 4.78 is 1.41. The summed E-state index contributed by atoms with van der Waals surface area (Å²) in [7, 11) is 0. The van der Waals surface area contributed by atoms with Crippen LogP contribution in [0.25, 0.3) is 5.65 Å². The number of hydrogen-bond acceptors (Lipinski definition) is 4. The summed E-state index contributed by atoms with van der Waals surface area (Å²) in [5.41, 5.74) is 0.554. The predicted molar refractivity (Wildman–Crippen MR) is 42.1 cm³/mol. The van der Waals surface area contributed by atoms with E-state index in [1.165, 1.54) is 4.52 Å². The molecule has 2 heterocycles. The average Bonchev–Trinajstić information content (AvgIpc) is 2.48. The maximum absolute atomic E-state index is 10.4. The molecule has 0 aromatic carbocycles. The highest BCUT2D eigenvalue weighted by atomic mass is 16.4. The van der Waals surface area contributed by atoms with Crippen LogP contribution in [0.2, 0.25) is 0 Å². The minimum atomic E-state index is -0.944. The molecule has 0 fully saturated rings. The highest BCUT2D eigenvalue weighted by Gasteiger charge is 2.08. The van der Waals surface area contributed by atoms with Gasteiger partial charge in [-0.25, -0.2) is 0 Å². The number of fused-ring (bicyclic) bond motifs is 1. The summed E-state index contributed by atoms with van der Waals surface area (Å²) in [5, 5.41) is 19.9. The molecule has 0 saturated carbocycles. The van der Waals surface area contributed by atoms with Crippen LogP contribution < -0.4 is 0 Å². The van der Waals surface area contributed by atoms with Gasteiger partial charge in [-0.1, -0.05) is 0 Å². The maximum Gasteiger partial charge on any atom is 0.311 e. The van der Waals surface area contributed by atoms with E-state index in [2.05, 4.69) is 15.3 Å². The number of hydrogen-bond donors (Lipinski definition) is 1. The van der Waals surface area contributed by atoms with Gasteiger partial charge in [-0.3, -0.25) is 4.79 Å². The Bertz CT molecular complexity index is 450. The van der Waals surface area contributed by atoms with E-state index in [1.807, 2.05) is 0 Å². The van der Waals surface area contributed by atoms with E-state index in [9.17, 15) is 4.79 Å². The van der Waals surface area contributed by atoms with E-state index in [4.69, 9.17) is 5.11 Å². The fourth-order valence-electron chi connectivity index (χ4n) is 1.04. The second-order valence-corrected chi connectivity index (χ2v) is 2.48. The number of carbonyl (C=O) groups is 1. The molecule has 6 nitrogen and oxygen atoms in total. The summed E-state index contributed by atoms with van der Waals surface area (Å²) in [6, 6.07) is 3.43. The van der Waals surface area contributed by atoms with Gasteiger partial charge < -0.3 is 5.11 Å². The van der Waals surface area contributed by atoms with Crippen LogP contribution in [-0.4, -0.2) is 30.9 Å². The van der Waals surface area contributed by atoms with Crippen LogP contribution in [0, 0.1) is 0 Å². The van der Waals surface area contributed by atoms with Crippen molar-refractivity contribution in [3.8, 4) is 0 Å². The first-order chi connectivity index (χ1) is 6.27. The third-order valence-electron chi connectivity index (χ3n) is 1.55. The lowest BCUT2D eigenvalue weighted by Crippen LogP contribution is -2.06. The number of aliphatic carboxylic acids is 1. The molecule has 2 rings (SSSR count). The van der Waals surface area contributed by atoms with E-state index in [-0.39, 0.29) is 6.42 Å². The molecule has 0 aliphatic rings. The lowest BCUT2D eigenvalue weighted by Gasteiger charge is -1.92. The Labute approximate surface area is 72.8 Å². The molecule has 6 heteroatoms. The fourth-order valence-corrected chi connectivity index (χ4v) is 1.04. The monoisotopic (exact) mass is 178 g/mol. The smallest absolute Gasteiger partial charge is 0.311 e. The Morgan fingerprint density at radius 2 is 2.38 bits per heavy atom. The van der Waals surface area contributed by atoms with E-state index >= 15 is 0 Å². The van der Waals surface area contributed by atoms with Gasteiger partial charge >= 0.3 is 5.97 Å². The van der Waals surface area contributed by atoms with Crippen LogP contribution >= 0.6 is 0 Å². The first kappa shape index (κ1) is 7.66. The van der Waals surface area contributed by atoms with Gasteiger partial charge in [-0.05, 0) is 12.1 Å². The summed E-state index contributed by atoms with van der Waals surface area (Å²) in [4.78, 5) is 10.4. The van der Waals surface area contributed by atoms with Crippen molar-refractivity contribution < 1.29 is 9.90 Å². The number of carboxylic acids is 1. The Balaban J connectivity index is 2.51. The normalized spacial score (nSPS) is 10.5. The molecule has 0 unspecified atom stereocenters. The lowest BCUT2D eigenvalue weighted by atomic mass is 10.4. The molecular weight excluding hydrogens is 172 g/mol. The van der Waals surface area contributed by atoms with Gasteiger partial charge in [0.2, 0.25) is 0 Å². The Morgan fingerprint density at radius 1 is 1.54 bits per heavy atom. The highest BCUT2D eigenvalue weighted by Crippen LogP contribution is 2.00. The molecule has 0 spiro atoms. The van der Waals surface area contributed by atoms with Gasteiger partial charge in [-0.2, -0.15) is 9.61 Å².